The van der Waals surface area contributed by atoms with Gasteiger partial charge in [-0.3, -0.25) is 9.59 Å². The van der Waals surface area contributed by atoms with Crippen molar-refractivity contribution in [1.82, 2.24) is 15.1 Å². The number of aliphatic hydroxyl groups is 1. The van der Waals surface area contributed by atoms with E-state index >= 15 is 0 Å². The lowest BCUT2D eigenvalue weighted by atomic mass is 9.78. The molecule has 0 aromatic carbocycles. The van der Waals surface area contributed by atoms with Crippen molar-refractivity contribution in [1.29, 1.82) is 0 Å². The van der Waals surface area contributed by atoms with E-state index in [9.17, 15) is 19.5 Å². The summed E-state index contributed by atoms with van der Waals surface area (Å²) in [6.45, 7) is 11.4. The van der Waals surface area contributed by atoms with Gasteiger partial charge in [-0.1, -0.05) is 6.92 Å². The molecule has 3 aliphatic rings. The maximum Gasteiger partial charge on any atom is 0.410 e. The van der Waals surface area contributed by atoms with Crippen LogP contribution in [0.4, 0.5) is 4.79 Å². The molecule has 0 bridgehead atoms. The first kappa shape index (κ1) is 19.9. The number of amides is 3. The molecule has 3 rings (SSSR count). The average Bonchev–Trinajstić information content (AvgIpc) is 3.07. The molecule has 2 N–H and O–H groups in total. The SMILES string of the molecule is C[C@@H](O)[C@H]1C(=O)N[C@@H]1[C@@H](C)C(=O)N1CC2CN(C(=O)OC(C)(C)C)CC2C1. The molecular formula is C19H31N3O5. The van der Waals surface area contributed by atoms with Crippen LogP contribution >= 0.6 is 0 Å². The minimum Gasteiger partial charge on any atom is -0.444 e. The molecule has 0 saturated carbocycles. The smallest absolute Gasteiger partial charge is 0.410 e. The Hall–Kier alpha value is -1.83. The number of nitrogens with one attached hydrogen (secondary N) is 1. The number of ether oxygens (including phenoxy) is 1. The van der Waals surface area contributed by atoms with Crippen LogP contribution in [-0.2, 0) is 14.3 Å². The number of hydrogen-bond donors (Lipinski definition) is 2. The number of rotatable bonds is 3. The standard InChI is InChI=1S/C19H31N3O5/c1-10(15-14(11(2)23)16(24)20-15)17(25)21-6-12-8-22(9-13(12)7-21)18(26)27-19(3,4)5/h10-15,23H,6-9H2,1-5H3,(H,20,24)/t10-,11-,12?,13?,14-,15-/m1/s1. The molecule has 0 aliphatic carbocycles. The van der Waals surface area contributed by atoms with E-state index in [1.165, 1.54) is 0 Å². The largest absolute Gasteiger partial charge is 0.444 e. The van der Waals surface area contributed by atoms with Gasteiger partial charge in [0, 0.05) is 38.0 Å². The second-order valence-corrected chi connectivity index (χ2v) is 9.24. The van der Waals surface area contributed by atoms with E-state index in [1.807, 2.05) is 32.6 Å². The third kappa shape index (κ3) is 3.90. The highest BCUT2D eigenvalue weighted by Gasteiger charge is 2.50. The third-order valence-electron chi connectivity index (χ3n) is 5.90. The first-order chi connectivity index (χ1) is 12.5. The van der Waals surface area contributed by atoms with Crippen molar-refractivity contribution in [2.45, 2.75) is 52.4 Å². The van der Waals surface area contributed by atoms with Gasteiger partial charge >= 0.3 is 6.09 Å². The number of carbonyl (C=O) groups excluding carboxylic acids is 3. The van der Waals surface area contributed by atoms with Gasteiger partial charge < -0.3 is 25.0 Å². The molecule has 8 nitrogen and oxygen atoms in total. The quantitative estimate of drug-likeness (QED) is 0.692. The Morgan fingerprint density at radius 1 is 1.11 bits per heavy atom. The van der Waals surface area contributed by atoms with E-state index in [0.29, 0.717) is 26.2 Å². The summed E-state index contributed by atoms with van der Waals surface area (Å²) in [6.07, 6.45) is -1.06. The van der Waals surface area contributed by atoms with Gasteiger partial charge in [-0.25, -0.2) is 4.79 Å². The predicted octanol–water partition coefficient (Wildman–Crippen LogP) is 0.443. The average molecular weight is 381 g/mol. The summed E-state index contributed by atoms with van der Waals surface area (Å²) in [6, 6.07) is -0.316. The molecule has 27 heavy (non-hydrogen) atoms. The molecule has 2 unspecified atom stereocenters. The van der Waals surface area contributed by atoms with Crippen molar-refractivity contribution in [2.75, 3.05) is 26.2 Å². The monoisotopic (exact) mass is 381 g/mol. The molecule has 0 spiro atoms. The van der Waals surface area contributed by atoms with Crippen LogP contribution in [0, 0.1) is 23.7 Å². The number of β-lactam (4-membered cyclic amide) rings is 1. The number of carbonyl (C=O) groups is 3. The van der Waals surface area contributed by atoms with Gasteiger partial charge in [-0.05, 0) is 27.7 Å². The zero-order valence-electron chi connectivity index (χ0n) is 16.8. The van der Waals surface area contributed by atoms with Gasteiger partial charge in [0.05, 0.1) is 24.0 Å². The minimum atomic E-state index is -0.764. The Bertz CT molecular complexity index is 615. The van der Waals surface area contributed by atoms with Crippen LogP contribution in [0.2, 0.25) is 0 Å². The van der Waals surface area contributed by atoms with Gasteiger partial charge in [0.2, 0.25) is 11.8 Å². The van der Waals surface area contributed by atoms with Crippen LogP contribution in [0.1, 0.15) is 34.6 Å². The molecular weight excluding hydrogens is 350 g/mol. The summed E-state index contributed by atoms with van der Waals surface area (Å²) >= 11 is 0. The fraction of sp³-hybridized carbons (Fsp3) is 0.842. The summed E-state index contributed by atoms with van der Waals surface area (Å²) in [5.74, 6) is -0.559. The number of likely N-dealkylation sites (tertiary alicyclic amines) is 2. The van der Waals surface area contributed by atoms with Crippen LogP contribution in [0.25, 0.3) is 0 Å². The maximum atomic E-state index is 12.9. The second-order valence-electron chi connectivity index (χ2n) is 9.24. The molecule has 3 aliphatic heterocycles. The molecule has 3 saturated heterocycles. The van der Waals surface area contributed by atoms with E-state index in [1.54, 1.807) is 11.8 Å². The fourth-order valence-electron chi connectivity index (χ4n) is 4.46. The number of fused-ring (bicyclic) bond motifs is 1. The second kappa shape index (κ2) is 6.96. The highest BCUT2D eigenvalue weighted by atomic mass is 16.6. The van der Waals surface area contributed by atoms with Gasteiger partial charge in [0.25, 0.3) is 0 Å². The Morgan fingerprint density at radius 2 is 1.63 bits per heavy atom. The van der Waals surface area contributed by atoms with E-state index < -0.39 is 17.6 Å². The highest BCUT2D eigenvalue weighted by Crippen LogP contribution is 2.34. The Balaban J connectivity index is 1.54. The lowest BCUT2D eigenvalue weighted by Crippen LogP contribution is -2.66. The summed E-state index contributed by atoms with van der Waals surface area (Å²) in [4.78, 5) is 40.3. The zero-order valence-corrected chi connectivity index (χ0v) is 16.8. The first-order valence-electron chi connectivity index (χ1n) is 9.73. The Labute approximate surface area is 160 Å². The summed E-state index contributed by atoms with van der Waals surface area (Å²) in [7, 11) is 0. The van der Waals surface area contributed by atoms with Gasteiger partial charge in [-0.15, -0.1) is 0 Å². The van der Waals surface area contributed by atoms with Crippen molar-refractivity contribution in [3.63, 3.8) is 0 Å². The van der Waals surface area contributed by atoms with Crippen LogP contribution in [0.5, 0.6) is 0 Å². The lowest BCUT2D eigenvalue weighted by molar-refractivity contribution is -0.148. The van der Waals surface area contributed by atoms with Gasteiger partial charge in [0.15, 0.2) is 0 Å². The van der Waals surface area contributed by atoms with Crippen molar-refractivity contribution in [2.24, 2.45) is 23.7 Å². The van der Waals surface area contributed by atoms with Gasteiger partial charge in [-0.2, -0.15) is 0 Å². The Kier molecular flexibility index (Phi) is 5.14. The maximum absolute atomic E-state index is 12.9. The number of aliphatic hydroxyl groups excluding tert-OH is 1. The molecule has 8 heteroatoms. The minimum absolute atomic E-state index is 0.00358. The summed E-state index contributed by atoms with van der Waals surface area (Å²) < 4.78 is 5.44. The molecule has 0 radical (unpaired) electrons. The molecule has 0 aromatic rings. The van der Waals surface area contributed by atoms with E-state index in [0.717, 1.165) is 0 Å². The zero-order chi connectivity index (χ0) is 20.1. The lowest BCUT2D eigenvalue weighted by Gasteiger charge is -2.42. The summed E-state index contributed by atoms with van der Waals surface area (Å²) in [5.41, 5.74) is -0.514. The highest BCUT2D eigenvalue weighted by molar-refractivity contribution is 5.90. The topological polar surface area (TPSA) is 99.2 Å². The number of nitrogens with zero attached hydrogens (tertiary/aromatic N) is 2. The van der Waals surface area contributed by atoms with Crippen molar-refractivity contribution >= 4 is 17.9 Å². The first-order valence-corrected chi connectivity index (χ1v) is 9.73. The van der Waals surface area contributed by atoms with Crippen LogP contribution < -0.4 is 5.32 Å². The van der Waals surface area contributed by atoms with Crippen LogP contribution in [0.15, 0.2) is 0 Å². The molecule has 3 amide bonds. The fourth-order valence-corrected chi connectivity index (χ4v) is 4.46. The van der Waals surface area contributed by atoms with E-state index in [-0.39, 0.29) is 41.7 Å². The van der Waals surface area contributed by atoms with E-state index in [2.05, 4.69) is 5.32 Å². The third-order valence-corrected chi connectivity index (χ3v) is 5.90. The van der Waals surface area contributed by atoms with Crippen molar-refractivity contribution in [3.05, 3.63) is 0 Å². The molecule has 3 heterocycles. The predicted molar refractivity (Wildman–Crippen MR) is 97.6 cm³/mol. The number of hydrogen-bond acceptors (Lipinski definition) is 5. The molecule has 0 aromatic heterocycles. The molecule has 152 valence electrons. The van der Waals surface area contributed by atoms with E-state index in [4.69, 9.17) is 4.74 Å². The molecule has 6 atom stereocenters. The summed E-state index contributed by atoms with van der Waals surface area (Å²) in [5, 5.41) is 12.5. The van der Waals surface area contributed by atoms with Gasteiger partial charge in [0.1, 0.15) is 5.60 Å². The normalized spacial score (nSPS) is 32.4. The van der Waals surface area contributed by atoms with Crippen LogP contribution in [-0.4, -0.2) is 76.7 Å². The van der Waals surface area contributed by atoms with Crippen molar-refractivity contribution in [3.8, 4) is 0 Å². The molecule has 3 fully saturated rings. The van der Waals surface area contributed by atoms with Crippen molar-refractivity contribution < 1.29 is 24.2 Å². The Morgan fingerprint density at radius 3 is 2.07 bits per heavy atom. The van der Waals surface area contributed by atoms with Crippen LogP contribution in [0.3, 0.4) is 0 Å².